The summed E-state index contributed by atoms with van der Waals surface area (Å²) in [5.74, 6) is 1.85. The van der Waals surface area contributed by atoms with Gasteiger partial charge in [0.1, 0.15) is 17.3 Å². The molecule has 0 aliphatic carbocycles. The third kappa shape index (κ3) is 5.70. The fraction of sp³-hybridized carbons (Fsp3) is 0.259. The number of rotatable bonds is 11. The summed E-state index contributed by atoms with van der Waals surface area (Å²) in [6.45, 7) is 4.42. The van der Waals surface area contributed by atoms with Crippen LogP contribution in [0.1, 0.15) is 11.1 Å². The van der Waals surface area contributed by atoms with Crippen molar-refractivity contribution in [3.8, 4) is 11.5 Å². The second-order valence-corrected chi connectivity index (χ2v) is 8.26. The summed E-state index contributed by atoms with van der Waals surface area (Å²) in [5, 5.41) is 3.19. The fourth-order valence-corrected chi connectivity index (χ4v) is 3.99. The van der Waals surface area contributed by atoms with Crippen LogP contribution in [-0.4, -0.2) is 56.3 Å². The topological polar surface area (TPSA) is 106 Å². The number of anilines is 4. The molecule has 2 amide bonds. The number of nitrogens with one attached hydrogen (secondary N) is 1. The quantitative estimate of drug-likeness (QED) is 0.390. The van der Waals surface area contributed by atoms with E-state index in [2.05, 4.69) is 21.9 Å². The van der Waals surface area contributed by atoms with Crippen molar-refractivity contribution in [2.45, 2.75) is 13.0 Å². The lowest BCUT2D eigenvalue weighted by molar-refractivity contribution is -0.114. The highest BCUT2D eigenvalue weighted by Crippen LogP contribution is 2.35. The molecule has 0 atom stereocenters. The Labute approximate surface area is 215 Å². The third-order valence-corrected chi connectivity index (χ3v) is 5.91. The largest absolute Gasteiger partial charge is 0.497 e. The van der Waals surface area contributed by atoms with Crippen molar-refractivity contribution in [3.05, 3.63) is 72.4 Å². The molecule has 3 aromatic rings. The van der Waals surface area contributed by atoms with Gasteiger partial charge in [-0.05, 0) is 17.7 Å². The van der Waals surface area contributed by atoms with Crippen LogP contribution in [0.25, 0.3) is 0 Å². The zero-order valence-corrected chi connectivity index (χ0v) is 21.1. The molecule has 37 heavy (non-hydrogen) atoms. The van der Waals surface area contributed by atoms with Crippen molar-refractivity contribution in [1.29, 1.82) is 0 Å². The van der Waals surface area contributed by atoms with Crippen molar-refractivity contribution >= 4 is 35.0 Å². The van der Waals surface area contributed by atoms with Crippen LogP contribution >= 0.6 is 0 Å². The molecule has 1 N–H and O–H groups in total. The Kier molecular flexibility index (Phi) is 7.99. The van der Waals surface area contributed by atoms with Crippen molar-refractivity contribution in [2.75, 3.05) is 49.6 Å². The van der Waals surface area contributed by atoms with Crippen molar-refractivity contribution in [3.63, 3.8) is 0 Å². The molecular weight excluding hydrogens is 474 g/mol. The highest BCUT2D eigenvalue weighted by molar-refractivity contribution is 6.05. The molecule has 192 valence electrons. The molecule has 0 radical (unpaired) electrons. The summed E-state index contributed by atoms with van der Waals surface area (Å²) in [4.78, 5) is 37.9. The minimum atomic E-state index is -0.263. The number of amides is 2. The van der Waals surface area contributed by atoms with Gasteiger partial charge in [0.15, 0.2) is 5.78 Å². The van der Waals surface area contributed by atoms with Gasteiger partial charge in [0, 0.05) is 49.2 Å². The number of aromatic nitrogens is 2. The number of allylic oxidation sites excluding steroid dienone is 1. The summed E-state index contributed by atoms with van der Waals surface area (Å²) in [6.07, 6.45) is 3.20. The Morgan fingerprint density at radius 2 is 1.86 bits per heavy atom. The number of methoxy groups -OCH3 is 3. The van der Waals surface area contributed by atoms with E-state index in [4.69, 9.17) is 14.2 Å². The molecule has 2 aromatic carbocycles. The van der Waals surface area contributed by atoms with E-state index in [0.29, 0.717) is 47.8 Å². The Morgan fingerprint density at radius 3 is 2.54 bits per heavy atom. The lowest BCUT2D eigenvalue weighted by atomic mass is 10.1. The van der Waals surface area contributed by atoms with E-state index in [1.54, 1.807) is 55.5 Å². The molecule has 1 aliphatic rings. The number of carbonyl (C=O) groups is 2. The van der Waals surface area contributed by atoms with Crippen molar-refractivity contribution in [2.24, 2.45) is 0 Å². The molecule has 0 bridgehead atoms. The van der Waals surface area contributed by atoms with E-state index in [9.17, 15) is 9.59 Å². The van der Waals surface area contributed by atoms with E-state index in [1.165, 1.54) is 6.08 Å². The SMILES string of the molecule is C=CC(=O)Cc1ccccc1Nc1ncc2c(n1)N(CCOC)C(=O)N(c1cc(OC)cc(OC)c1)C2. The van der Waals surface area contributed by atoms with Crippen LogP contribution < -0.4 is 24.6 Å². The number of hydrogen-bond donors (Lipinski definition) is 1. The van der Waals surface area contributed by atoms with E-state index < -0.39 is 0 Å². The van der Waals surface area contributed by atoms with Gasteiger partial charge in [-0.25, -0.2) is 9.78 Å². The number of ether oxygens (including phenoxy) is 3. The van der Waals surface area contributed by atoms with Gasteiger partial charge >= 0.3 is 6.03 Å². The van der Waals surface area contributed by atoms with E-state index in [-0.39, 0.29) is 24.8 Å². The monoisotopic (exact) mass is 503 g/mol. The summed E-state index contributed by atoms with van der Waals surface area (Å²) in [7, 11) is 4.70. The van der Waals surface area contributed by atoms with Crippen LogP contribution in [0, 0.1) is 0 Å². The van der Waals surface area contributed by atoms with Crippen molar-refractivity contribution < 1.29 is 23.8 Å². The smallest absolute Gasteiger partial charge is 0.330 e. The van der Waals surface area contributed by atoms with Crippen LogP contribution in [0.3, 0.4) is 0 Å². The summed E-state index contributed by atoms with van der Waals surface area (Å²) >= 11 is 0. The maximum Gasteiger partial charge on any atom is 0.330 e. The molecule has 0 spiro atoms. The summed E-state index contributed by atoms with van der Waals surface area (Å²) in [6, 6.07) is 12.5. The minimum Gasteiger partial charge on any atom is -0.497 e. The second-order valence-electron chi connectivity index (χ2n) is 8.26. The number of benzene rings is 2. The average Bonchev–Trinajstić information content (AvgIpc) is 2.93. The van der Waals surface area contributed by atoms with Gasteiger partial charge in [-0.15, -0.1) is 0 Å². The zero-order chi connectivity index (χ0) is 26.4. The molecule has 0 saturated carbocycles. The molecule has 1 aromatic heterocycles. The van der Waals surface area contributed by atoms with E-state index in [0.717, 1.165) is 11.1 Å². The molecule has 10 heteroatoms. The lowest BCUT2D eigenvalue weighted by Gasteiger charge is -2.36. The van der Waals surface area contributed by atoms with E-state index >= 15 is 0 Å². The molecule has 0 unspecified atom stereocenters. The molecule has 4 rings (SSSR count). The van der Waals surface area contributed by atoms with Gasteiger partial charge in [-0.3, -0.25) is 14.6 Å². The normalized spacial score (nSPS) is 12.7. The average molecular weight is 504 g/mol. The summed E-state index contributed by atoms with van der Waals surface area (Å²) < 4.78 is 16.0. The first-order valence-corrected chi connectivity index (χ1v) is 11.6. The number of fused-ring (bicyclic) bond motifs is 1. The van der Waals surface area contributed by atoms with Gasteiger partial charge in [-0.2, -0.15) is 4.98 Å². The van der Waals surface area contributed by atoms with E-state index in [1.807, 2.05) is 24.3 Å². The van der Waals surface area contributed by atoms with Crippen LogP contribution in [-0.2, 0) is 22.5 Å². The van der Waals surface area contributed by atoms with Crippen LogP contribution in [0.4, 0.5) is 27.9 Å². The highest BCUT2D eigenvalue weighted by atomic mass is 16.5. The first kappa shape index (κ1) is 25.6. The molecule has 2 heterocycles. The number of para-hydroxylation sites is 1. The molecule has 0 saturated heterocycles. The summed E-state index contributed by atoms with van der Waals surface area (Å²) in [5.41, 5.74) is 2.88. The van der Waals surface area contributed by atoms with Gasteiger partial charge in [-0.1, -0.05) is 24.8 Å². The van der Waals surface area contributed by atoms with Gasteiger partial charge < -0.3 is 19.5 Å². The predicted molar refractivity (Wildman–Crippen MR) is 141 cm³/mol. The highest BCUT2D eigenvalue weighted by Gasteiger charge is 2.33. The minimum absolute atomic E-state index is 0.0915. The molecular formula is C27H29N5O5. The number of hydrogen-bond acceptors (Lipinski definition) is 8. The standard InChI is InChI=1S/C27H29N5O5/c1-5-21(33)12-18-8-6-7-9-24(18)29-26-28-16-19-17-32(20-13-22(36-3)15-23(14-20)37-4)27(34)31(10-11-35-2)25(19)30-26/h5-9,13-16H,1,10-12,17H2,2-4H3,(H,28,29,30). The number of carbonyl (C=O) groups excluding carboxylic acids is 2. The van der Waals surface area contributed by atoms with Crippen molar-refractivity contribution in [1.82, 2.24) is 9.97 Å². The Balaban J connectivity index is 1.68. The zero-order valence-electron chi connectivity index (χ0n) is 21.1. The third-order valence-electron chi connectivity index (χ3n) is 5.91. The first-order chi connectivity index (χ1) is 18.0. The number of nitrogens with zero attached hydrogens (tertiary/aromatic N) is 4. The maximum absolute atomic E-state index is 13.7. The Morgan fingerprint density at radius 1 is 1.14 bits per heavy atom. The van der Waals surface area contributed by atoms with Crippen LogP contribution in [0.5, 0.6) is 11.5 Å². The number of ketones is 1. The van der Waals surface area contributed by atoms with Gasteiger partial charge in [0.05, 0.1) is 39.6 Å². The lowest BCUT2D eigenvalue weighted by Crippen LogP contribution is -2.49. The predicted octanol–water partition coefficient (Wildman–Crippen LogP) is 4.13. The van der Waals surface area contributed by atoms with Gasteiger partial charge in [0.2, 0.25) is 5.95 Å². The molecule has 0 fully saturated rings. The maximum atomic E-state index is 13.7. The fourth-order valence-electron chi connectivity index (χ4n) is 3.99. The van der Waals surface area contributed by atoms with Gasteiger partial charge in [0.25, 0.3) is 0 Å². The Hall–Kier alpha value is -4.44. The molecule has 1 aliphatic heterocycles. The number of urea groups is 1. The second kappa shape index (κ2) is 11.5. The van der Waals surface area contributed by atoms with Crippen LogP contribution in [0.2, 0.25) is 0 Å². The Bertz CT molecular complexity index is 1290. The molecule has 10 nitrogen and oxygen atoms in total. The van der Waals surface area contributed by atoms with Crippen LogP contribution in [0.15, 0.2) is 61.3 Å². The first-order valence-electron chi connectivity index (χ1n) is 11.6.